The molecule has 1 saturated carbocycles. The number of ether oxygens (including phenoxy) is 1. The van der Waals surface area contributed by atoms with Gasteiger partial charge in [-0.05, 0) is 19.8 Å². The van der Waals surface area contributed by atoms with Crippen molar-refractivity contribution >= 4 is 5.82 Å². The van der Waals surface area contributed by atoms with E-state index in [1.165, 1.54) is 32.1 Å². The van der Waals surface area contributed by atoms with Crippen molar-refractivity contribution in [1.82, 2.24) is 9.97 Å². The number of nitrogens with zero attached hydrogens (tertiary/aromatic N) is 3. The summed E-state index contributed by atoms with van der Waals surface area (Å²) >= 11 is 0. The number of aromatic nitrogens is 2. The molecule has 1 aromatic rings. The van der Waals surface area contributed by atoms with E-state index in [0.29, 0.717) is 18.5 Å². The van der Waals surface area contributed by atoms with Crippen LogP contribution in [-0.4, -0.2) is 36.2 Å². The van der Waals surface area contributed by atoms with Gasteiger partial charge in [0.15, 0.2) is 0 Å². The maximum atomic E-state index is 5.78. The van der Waals surface area contributed by atoms with Crippen molar-refractivity contribution in [1.29, 1.82) is 0 Å². The van der Waals surface area contributed by atoms with Gasteiger partial charge in [-0.25, -0.2) is 9.97 Å². The van der Waals surface area contributed by atoms with Gasteiger partial charge in [0.1, 0.15) is 12.1 Å². The van der Waals surface area contributed by atoms with Crippen molar-refractivity contribution < 1.29 is 4.74 Å². The first-order chi connectivity index (χ1) is 9.27. The summed E-state index contributed by atoms with van der Waals surface area (Å²) in [7, 11) is 1.65. The molecule has 0 spiro atoms. The Hall–Kier alpha value is -1.36. The quantitative estimate of drug-likeness (QED) is 0.880. The third-order valence-electron chi connectivity index (χ3n) is 3.86. The maximum Gasteiger partial charge on any atom is 0.221 e. The standard InChI is InChI=1S/C14H24N4O/c1-11-13(16-10-17-14(11)19-2)18(9-8-15)12-6-4-3-5-7-12/h10,12H,3-9,15H2,1-2H3. The molecule has 0 saturated heterocycles. The van der Waals surface area contributed by atoms with Crippen molar-refractivity contribution in [2.24, 2.45) is 5.73 Å². The molecule has 5 nitrogen and oxygen atoms in total. The Bertz CT molecular complexity index is 404. The minimum absolute atomic E-state index is 0.551. The van der Waals surface area contributed by atoms with Gasteiger partial charge >= 0.3 is 0 Å². The largest absolute Gasteiger partial charge is 0.481 e. The van der Waals surface area contributed by atoms with E-state index in [1.807, 2.05) is 6.92 Å². The van der Waals surface area contributed by atoms with Gasteiger partial charge in [0.2, 0.25) is 5.88 Å². The Morgan fingerprint density at radius 3 is 2.68 bits per heavy atom. The maximum absolute atomic E-state index is 5.78. The van der Waals surface area contributed by atoms with Gasteiger partial charge in [-0.2, -0.15) is 0 Å². The molecule has 5 heteroatoms. The van der Waals surface area contributed by atoms with E-state index >= 15 is 0 Å². The third kappa shape index (κ3) is 3.15. The molecule has 0 aliphatic heterocycles. The van der Waals surface area contributed by atoms with Crippen LogP contribution in [0.5, 0.6) is 5.88 Å². The monoisotopic (exact) mass is 264 g/mol. The zero-order valence-electron chi connectivity index (χ0n) is 11.9. The van der Waals surface area contributed by atoms with Crippen LogP contribution in [0.1, 0.15) is 37.7 Å². The molecule has 2 rings (SSSR count). The van der Waals surface area contributed by atoms with Crippen LogP contribution in [0.4, 0.5) is 5.82 Å². The Morgan fingerprint density at radius 2 is 2.05 bits per heavy atom. The summed E-state index contributed by atoms with van der Waals surface area (Å²) in [5.41, 5.74) is 6.78. The lowest BCUT2D eigenvalue weighted by Crippen LogP contribution is -2.41. The first-order valence-corrected chi connectivity index (χ1v) is 7.10. The molecule has 1 aromatic heterocycles. The minimum Gasteiger partial charge on any atom is -0.481 e. The van der Waals surface area contributed by atoms with Gasteiger partial charge in [0.05, 0.1) is 12.7 Å². The van der Waals surface area contributed by atoms with E-state index < -0.39 is 0 Å². The fourth-order valence-corrected chi connectivity index (χ4v) is 2.91. The zero-order chi connectivity index (χ0) is 13.7. The first-order valence-electron chi connectivity index (χ1n) is 7.10. The molecule has 19 heavy (non-hydrogen) atoms. The normalized spacial score (nSPS) is 16.4. The fraction of sp³-hybridized carbons (Fsp3) is 0.714. The molecule has 1 heterocycles. The van der Waals surface area contributed by atoms with Crippen LogP contribution < -0.4 is 15.4 Å². The van der Waals surface area contributed by atoms with Crippen molar-refractivity contribution in [3.05, 3.63) is 11.9 Å². The lowest BCUT2D eigenvalue weighted by Gasteiger charge is -2.35. The predicted octanol–water partition coefficient (Wildman–Crippen LogP) is 1.89. The highest BCUT2D eigenvalue weighted by molar-refractivity contribution is 5.51. The zero-order valence-corrected chi connectivity index (χ0v) is 11.9. The van der Waals surface area contributed by atoms with Crippen molar-refractivity contribution in [2.75, 3.05) is 25.1 Å². The van der Waals surface area contributed by atoms with Crippen molar-refractivity contribution in [3.63, 3.8) is 0 Å². The average Bonchev–Trinajstić information content (AvgIpc) is 2.46. The van der Waals surface area contributed by atoms with E-state index in [-0.39, 0.29) is 0 Å². The molecule has 1 aliphatic carbocycles. The summed E-state index contributed by atoms with van der Waals surface area (Å²) in [6.45, 7) is 3.49. The lowest BCUT2D eigenvalue weighted by molar-refractivity contribution is 0.389. The predicted molar refractivity (Wildman–Crippen MR) is 76.6 cm³/mol. The Balaban J connectivity index is 2.27. The summed E-state index contributed by atoms with van der Waals surface area (Å²) in [6, 6.07) is 0.551. The van der Waals surface area contributed by atoms with Crippen LogP contribution in [0.2, 0.25) is 0 Å². The summed E-state index contributed by atoms with van der Waals surface area (Å²) in [5, 5.41) is 0. The van der Waals surface area contributed by atoms with Gasteiger partial charge in [0, 0.05) is 19.1 Å². The molecule has 1 fully saturated rings. The van der Waals surface area contributed by atoms with Crippen LogP contribution >= 0.6 is 0 Å². The SMILES string of the molecule is COc1ncnc(N(CCN)C2CCCCC2)c1C. The molecule has 0 bridgehead atoms. The molecule has 1 aliphatic rings. The third-order valence-corrected chi connectivity index (χ3v) is 3.86. The van der Waals surface area contributed by atoms with Gasteiger partial charge in [-0.1, -0.05) is 19.3 Å². The van der Waals surface area contributed by atoms with E-state index in [9.17, 15) is 0 Å². The van der Waals surface area contributed by atoms with Gasteiger partial charge in [0.25, 0.3) is 0 Å². The number of anilines is 1. The first kappa shape index (κ1) is 14.1. The fourth-order valence-electron chi connectivity index (χ4n) is 2.91. The van der Waals surface area contributed by atoms with Crippen LogP contribution in [0, 0.1) is 6.92 Å². The number of methoxy groups -OCH3 is 1. The van der Waals surface area contributed by atoms with E-state index in [1.54, 1.807) is 13.4 Å². The second-order valence-corrected chi connectivity index (χ2v) is 5.11. The van der Waals surface area contributed by atoms with E-state index in [4.69, 9.17) is 10.5 Å². The van der Waals surface area contributed by atoms with Gasteiger partial charge in [-0.15, -0.1) is 0 Å². The Morgan fingerprint density at radius 1 is 1.32 bits per heavy atom. The highest BCUT2D eigenvalue weighted by Crippen LogP contribution is 2.30. The number of rotatable bonds is 5. The summed E-state index contributed by atoms with van der Waals surface area (Å²) in [6.07, 6.45) is 7.98. The van der Waals surface area contributed by atoms with E-state index in [2.05, 4.69) is 14.9 Å². The van der Waals surface area contributed by atoms with Crippen molar-refractivity contribution in [3.8, 4) is 5.88 Å². The summed E-state index contributed by atoms with van der Waals surface area (Å²) < 4.78 is 5.29. The average molecular weight is 264 g/mol. The lowest BCUT2D eigenvalue weighted by atomic mass is 9.94. The molecule has 0 atom stereocenters. The molecule has 2 N–H and O–H groups in total. The second kappa shape index (κ2) is 6.70. The topological polar surface area (TPSA) is 64.3 Å². The molecular formula is C14H24N4O. The number of hydrogen-bond donors (Lipinski definition) is 1. The molecular weight excluding hydrogens is 240 g/mol. The number of nitrogens with two attached hydrogens (primary N) is 1. The summed E-state index contributed by atoms with van der Waals surface area (Å²) in [4.78, 5) is 11.0. The number of hydrogen-bond acceptors (Lipinski definition) is 5. The molecule has 0 unspecified atom stereocenters. The molecule has 106 valence electrons. The Kier molecular flexibility index (Phi) is 4.96. The highest BCUT2D eigenvalue weighted by atomic mass is 16.5. The van der Waals surface area contributed by atoms with Gasteiger partial charge < -0.3 is 15.4 Å². The van der Waals surface area contributed by atoms with E-state index in [0.717, 1.165) is 17.9 Å². The van der Waals surface area contributed by atoms with Crippen molar-refractivity contribution in [2.45, 2.75) is 45.1 Å². The highest BCUT2D eigenvalue weighted by Gasteiger charge is 2.24. The van der Waals surface area contributed by atoms with Crippen LogP contribution in [0.3, 0.4) is 0 Å². The van der Waals surface area contributed by atoms with Crippen LogP contribution in [0.25, 0.3) is 0 Å². The van der Waals surface area contributed by atoms with Gasteiger partial charge in [-0.3, -0.25) is 0 Å². The molecule has 0 aromatic carbocycles. The van der Waals surface area contributed by atoms with Crippen LogP contribution in [-0.2, 0) is 0 Å². The minimum atomic E-state index is 0.551. The van der Waals surface area contributed by atoms with Crippen LogP contribution in [0.15, 0.2) is 6.33 Å². The second-order valence-electron chi connectivity index (χ2n) is 5.11. The molecule has 0 radical (unpaired) electrons. The smallest absolute Gasteiger partial charge is 0.221 e. The Labute approximate surface area is 115 Å². The molecule has 0 amide bonds. The summed E-state index contributed by atoms with van der Waals surface area (Å²) in [5.74, 6) is 1.63.